The van der Waals surface area contributed by atoms with Crippen LogP contribution in [0.15, 0.2) is 23.9 Å². The molecule has 3 N–H and O–H groups in total. The van der Waals surface area contributed by atoms with Gasteiger partial charge in [0.25, 0.3) is 5.91 Å². The molecule has 0 radical (unpaired) electrons. The molecule has 1 aromatic heterocycles. The second-order valence-corrected chi connectivity index (χ2v) is 8.63. The summed E-state index contributed by atoms with van der Waals surface area (Å²) < 4.78 is 19.5. The third kappa shape index (κ3) is 5.08. The molecular weight excluding hydrogens is 449 g/mol. The number of hydrogen-bond acceptors (Lipinski definition) is 6. The van der Waals surface area contributed by atoms with E-state index in [1.807, 2.05) is 0 Å². The van der Waals surface area contributed by atoms with Crippen molar-refractivity contribution in [2.75, 3.05) is 26.2 Å². The first-order valence-electron chi connectivity index (χ1n) is 10.7. The molecule has 1 fully saturated rings. The fourth-order valence-corrected chi connectivity index (χ4v) is 3.72. The molecule has 1 saturated carbocycles. The summed E-state index contributed by atoms with van der Waals surface area (Å²) in [6, 6.07) is 3.76. The molecule has 2 amide bonds. The van der Waals surface area contributed by atoms with Gasteiger partial charge < -0.3 is 20.7 Å². The van der Waals surface area contributed by atoms with Gasteiger partial charge in [-0.05, 0) is 38.8 Å². The molecule has 174 valence electrons. The van der Waals surface area contributed by atoms with Gasteiger partial charge in [-0.1, -0.05) is 11.6 Å². The third-order valence-electron chi connectivity index (χ3n) is 5.62. The summed E-state index contributed by atoms with van der Waals surface area (Å²) in [5.74, 6) is -0.242. The summed E-state index contributed by atoms with van der Waals surface area (Å²) in [6.07, 6.45) is 1.81. The minimum absolute atomic E-state index is 0.00446. The Kier molecular flexibility index (Phi) is 6.51. The van der Waals surface area contributed by atoms with Crippen LogP contribution in [0.5, 0.6) is 5.75 Å². The number of hydrogen-bond donors (Lipinski definition) is 2. The molecule has 0 unspecified atom stereocenters. The van der Waals surface area contributed by atoms with Crippen molar-refractivity contribution < 1.29 is 18.7 Å². The Morgan fingerprint density at radius 2 is 1.94 bits per heavy atom. The van der Waals surface area contributed by atoms with Crippen LogP contribution in [-0.2, 0) is 4.79 Å². The Bertz CT molecular complexity index is 1130. The van der Waals surface area contributed by atoms with Crippen LogP contribution in [0.1, 0.15) is 40.4 Å². The molecule has 8 nitrogen and oxygen atoms in total. The molecule has 1 aliphatic carbocycles. The molecule has 2 aromatic rings. The highest BCUT2D eigenvalue weighted by Crippen LogP contribution is 2.29. The highest BCUT2D eigenvalue weighted by atomic mass is 35.5. The van der Waals surface area contributed by atoms with Crippen molar-refractivity contribution in [3.63, 3.8) is 0 Å². The van der Waals surface area contributed by atoms with Crippen molar-refractivity contribution in [1.29, 1.82) is 0 Å². The monoisotopic (exact) mass is 473 g/mol. The number of aromatic nitrogens is 2. The average Bonchev–Trinajstić information content (AvgIpc) is 3.56. The van der Waals surface area contributed by atoms with Crippen LogP contribution >= 0.6 is 11.6 Å². The third-order valence-corrected chi connectivity index (χ3v) is 6.17. The fourth-order valence-electron chi connectivity index (χ4n) is 3.63. The van der Waals surface area contributed by atoms with Crippen molar-refractivity contribution in [2.24, 2.45) is 11.7 Å². The summed E-state index contributed by atoms with van der Waals surface area (Å²) in [5, 5.41) is 3.27. The molecular formula is C23H25ClFN5O3. The lowest BCUT2D eigenvalue weighted by molar-refractivity contribution is -0.122. The number of benzene rings is 1. The number of halogens is 2. The first-order valence-corrected chi connectivity index (χ1v) is 11.1. The molecule has 0 bridgehead atoms. The van der Waals surface area contributed by atoms with E-state index in [1.165, 1.54) is 23.1 Å². The van der Waals surface area contributed by atoms with E-state index < -0.39 is 5.82 Å². The van der Waals surface area contributed by atoms with Crippen LogP contribution in [0.3, 0.4) is 0 Å². The van der Waals surface area contributed by atoms with Crippen molar-refractivity contribution in [2.45, 2.75) is 26.7 Å². The predicted octanol–water partition coefficient (Wildman–Crippen LogP) is 2.62. The highest BCUT2D eigenvalue weighted by molar-refractivity contribution is 6.31. The molecule has 0 spiro atoms. The maximum Gasteiger partial charge on any atom is 0.258 e. The number of aryl methyl sites for hydroxylation is 2. The maximum absolute atomic E-state index is 13.9. The van der Waals surface area contributed by atoms with Crippen molar-refractivity contribution >= 4 is 29.0 Å². The molecule has 10 heteroatoms. The van der Waals surface area contributed by atoms with Gasteiger partial charge in [-0.15, -0.1) is 0 Å². The molecule has 1 aromatic carbocycles. The van der Waals surface area contributed by atoms with Gasteiger partial charge in [0.15, 0.2) is 5.82 Å². The lowest BCUT2D eigenvalue weighted by Gasteiger charge is -2.19. The van der Waals surface area contributed by atoms with E-state index >= 15 is 0 Å². The standard InChI is InChI=1S/C23H25ClFN5O3/c1-12-20(24)13(2)29-21(28-12)17-10-30(11-18(17)26)23(32)16-6-5-15(25)9-19(16)33-8-7-27-22(31)14-3-4-14/h5-6,9,14H,3-4,7-8,10-11,26H2,1-2H3,(H,27,31). The summed E-state index contributed by atoms with van der Waals surface area (Å²) in [7, 11) is 0. The van der Waals surface area contributed by atoms with E-state index in [1.54, 1.807) is 13.8 Å². The van der Waals surface area contributed by atoms with Gasteiger partial charge in [-0.2, -0.15) is 0 Å². The van der Waals surface area contributed by atoms with Crippen molar-refractivity contribution in [1.82, 2.24) is 20.2 Å². The fraction of sp³-hybridized carbons (Fsp3) is 0.391. The smallest absolute Gasteiger partial charge is 0.258 e. The van der Waals surface area contributed by atoms with Crippen LogP contribution < -0.4 is 15.8 Å². The first-order chi connectivity index (χ1) is 15.7. The highest BCUT2D eigenvalue weighted by Gasteiger charge is 2.30. The summed E-state index contributed by atoms with van der Waals surface area (Å²) >= 11 is 6.17. The topological polar surface area (TPSA) is 110 Å². The van der Waals surface area contributed by atoms with Crippen molar-refractivity contribution in [3.05, 3.63) is 57.5 Å². The van der Waals surface area contributed by atoms with E-state index in [2.05, 4.69) is 15.3 Å². The Labute approximate surface area is 196 Å². The number of ether oxygens (including phenoxy) is 1. The lowest BCUT2D eigenvalue weighted by Crippen LogP contribution is -2.31. The number of amides is 2. The minimum Gasteiger partial charge on any atom is -0.491 e. The van der Waals surface area contributed by atoms with Crippen LogP contribution in [-0.4, -0.2) is 52.9 Å². The molecule has 0 atom stereocenters. The van der Waals surface area contributed by atoms with Gasteiger partial charge in [-0.25, -0.2) is 14.4 Å². The zero-order valence-electron chi connectivity index (χ0n) is 18.5. The Morgan fingerprint density at radius 1 is 1.24 bits per heavy atom. The number of rotatable bonds is 7. The number of carbonyl (C=O) groups is 2. The zero-order chi connectivity index (χ0) is 23.7. The Hall–Kier alpha value is -3.20. The van der Waals surface area contributed by atoms with Gasteiger partial charge in [-0.3, -0.25) is 9.59 Å². The van der Waals surface area contributed by atoms with Gasteiger partial charge in [0, 0.05) is 23.3 Å². The van der Waals surface area contributed by atoms with E-state index in [9.17, 15) is 14.0 Å². The van der Waals surface area contributed by atoms with Gasteiger partial charge in [0.2, 0.25) is 5.91 Å². The number of carbonyl (C=O) groups excluding carboxylic acids is 2. The first kappa shape index (κ1) is 23.0. The Balaban J connectivity index is 1.45. The summed E-state index contributed by atoms with van der Waals surface area (Å²) in [4.78, 5) is 35.3. The van der Waals surface area contributed by atoms with Crippen LogP contribution in [0.2, 0.25) is 5.02 Å². The zero-order valence-corrected chi connectivity index (χ0v) is 19.2. The maximum atomic E-state index is 13.9. The summed E-state index contributed by atoms with van der Waals surface area (Å²) in [6.45, 7) is 4.35. The van der Waals surface area contributed by atoms with Crippen LogP contribution in [0, 0.1) is 25.6 Å². The van der Waals surface area contributed by atoms with Crippen molar-refractivity contribution in [3.8, 4) is 5.75 Å². The largest absolute Gasteiger partial charge is 0.491 e. The quantitative estimate of drug-likeness (QED) is 0.598. The molecule has 1 aliphatic heterocycles. The average molecular weight is 474 g/mol. The SMILES string of the molecule is Cc1nc(C2=C(N)CN(C(=O)c3ccc(F)cc3OCCNC(=O)C3CC3)C2)nc(C)c1Cl. The number of nitrogens with two attached hydrogens (primary N) is 1. The van der Waals surface area contributed by atoms with E-state index in [4.69, 9.17) is 22.1 Å². The number of nitrogens with one attached hydrogen (secondary N) is 1. The van der Waals surface area contributed by atoms with Crippen LogP contribution in [0.4, 0.5) is 4.39 Å². The predicted molar refractivity (Wildman–Crippen MR) is 121 cm³/mol. The molecule has 0 saturated heterocycles. The van der Waals surface area contributed by atoms with Gasteiger partial charge in [0.05, 0.1) is 41.6 Å². The van der Waals surface area contributed by atoms with Gasteiger partial charge >= 0.3 is 0 Å². The van der Waals surface area contributed by atoms with E-state index in [0.717, 1.165) is 12.8 Å². The molecule has 4 rings (SSSR count). The second kappa shape index (κ2) is 9.35. The lowest BCUT2D eigenvalue weighted by atomic mass is 10.1. The number of nitrogens with zero attached hydrogens (tertiary/aromatic N) is 3. The van der Waals surface area contributed by atoms with E-state index in [-0.39, 0.29) is 55.3 Å². The van der Waals surface area contributed by atoms with Crippen LogP contribution in [0.25, 0.3) is 5.57 Å². The molecule has 2 heterocycles. The van der Waals surface area contributed by atoms with E-state index in [0.29, 0.717) is 33.5 Å². The second-order valence-electron chi connectivity index (χ2n) is 8.25. The minimum atomic E-state index is -0.524. The Morgan fingerprint density at radius 3 is 2.61 bits per heavy atom. The molecule has 33 heavy (non-hydrogen) atoms. The summed E-state index contributed by atoms with van der Waals surface area (Å²) in [5.41, 5.74) is 8.82. The van der Waals surface area contributed by atoms with Gasteiger partial charge in [0.1, 0.15) is 18.2 Å². The molecule has 2 aliphatic rings. The normalized spacial score (nSPS) is 15.7.